The van der Waals surface area contributed by atoms with Crippen molar-refractivity contribution < 1.29 is 30.7 Å². The summed E-state index contributed by atoms with van der Waals surface area (Å²) in [6, 6.07) is 15.2. The standard InChI is InChI=1S/C24H17F7N2S/c1-34-18-9-4-15(5-10-18)14-2-7-17(8-3-14)33-21(19-11-6-16(25)12-20(19)26)13-22(32-33)23(27,28)24(29,30)31/h2-12,21H,13H2,1H3. The van der Waals surface area contributed by atoms with Gasteiger partial charge in [-0.25, -0.2) is 8.78 Å². The van der Waals surface area contributed by atoms with Crippen molar-refractivity contribution in [2.45, 2.75) is 29.5 Å². The Kier molecular flexibility index (Phi) is 6.37. The van der Waals surface area contributed by atoms with Gasteiger partial charge in [0.25, 0.3) is 0 Å². The highest BCUT2D eigenvalue weighted by Crippen LogP contribution is 2.45. The van der Waals surface area contributed by atoms with Gasteiger partial charge in [-0.15, -0.1) is 11.8 Å². The van der Waals surface area contributed by atoms with Gasteiger partial charge in [-0.2, -0.15) is 27.1 Å². The molecule has 0 spiro atoms. The normalized spacial score (nSPS) is 16.6. The maximum absolute atomic E-state index is 14.5. The third-order valence-corrected chi connectivity index (χ3v) is 6.25. The monoisotopic (exact) mass is 498 g/mol. The highest BCUT2D eigenvalue weighted by molar-refractivity contribution is 7.98. The van der Waals surface area contributed by atoms with Crippen LogP contribution in [0.5, 0.6) is 0 Å². The molecule has 0 fully saturated rings. The van der Waals surface area contributed by atoms with Gasteiger partial charge in [-0.3, -0.25) is 5.01 Å². The fourth-order valence-electron chi connectivity index (χ4n) is 3.71. The molecule has 0 N–H and O–H groups in total. The average molecular weight is 498 g/mol. The van der Waals surface area contributed by atoms with E-state index < -0.39 is 41.9 Å². The van der Waals surface area contributed by atoms with E-state index in [-0.39, 0.29) is 11.3 Å². The van der Waals surface area contributed by atoms with Gasteiger partial charge in [0.15, 0.2) is 0 Å². The molecule has 4 rings (SSSR count). The summed E-state index contributed by atoms with van der Waals surface area (Å²) in [7, 11) is 0. The van der Waals surface area contributed by atoms with Gasteiger partial charge >= 0.3 is 12.1 Å². The third-order valence-electron chi connectivity index (χ3n) is 5.51. The highest BCUT2D eigenvalue weighted by atomic mass is 32.2. The molecule has 0 saturated carbocycles. The SMILES string of the molecule is CSc1ccc(-c2ccc(N3N=C(C(F)(F)C(F)(F)F)CC3c3ccc(F)cc3F)cc2)cc1. The minimum Gasteiger partial charge on any atom is -0.257 e. The van der Waals surface area contributed by atoms with Crippen molar-refractivity contribution >= 4 is 23.2 Å². The van der Waals surface area contributed by atoms with Crippen LogP contribution in [0.3, 0.4) is 0 Å². The molecule has 10 heteroatoms. The van der Waals surface area contributed by atoms with Crippen molar-refractivity contribution in [3.8, 4) is 11.1 Å². The molecule has 1 heterocycles. The molecular formula is C24H17F7N2S. The molecule has 34 heavy (non-hydrogen) atoms. The predicted molar refractivity (Wildman–Crippen MR) is 118 cm³/mol. The molecule has 2 nitrogen and oxygen atoms in total. The second-order valence-corrected chi connectivity index (χ2v) is 8.50. The number of hydrogen-bond acceptors (Lipinski definition) is 3. The molecule has 178 valence electrons. The molecular weight excluding hydrogens is 481 g/mol. The van der Waals surface area contributed by atoms with E-state index in [0.29, 0.717) is 6.07 Å². The first-order valence-corrected chi connectivity index (χ1v) is 11.2. The molecule has 1 aliphatic rings. The Labute approximate surface area is 195 Å². The van der Waals surface area contributed by atoms with E-state index in [0.717, 1.165) is 33.2 Å². The van der Waals surface area contributed by atoms with Gasteiger partial charge in [0, 0.05) is 22.9 Å². The molecule has 0 aromatic heterocycles. The second-order valence-electron chi connectivity index (χ2n) is 7.62. The number of alkyl halides is 5. The average Bonchev–Trinajstić information content (AvgIpc) is 3.24. The number of halogens is 7. The van der Waals surface area contributed by atoms with E-state index in [2.05, 4.69) is 5.10 Å². The van der Waals surface area contributed by atoms with Gasteiger partial charge < -0.3 is 0 Å². The van der Waals surface area contributed by atoms with Crippen LogP contribution in [0.1, 0.15) is 18.0 Å². The quantitative estimate of drug-likeness (QED) is 0.263. The summed E-state index contributed by atoms with van der Waals surface area (Å²) in [5.74, 6) is -7.16. The summed E-state index contributed by atoms with van der Waals surface area (Å²) < 4.78 is 95.0. The van der Waals surface area contributed by atoms with Gasteiger partial charge in [0.2, 0.25) is 0 Å². The smallest absolute Gasteiger partial charge is 0.257 e. The summed E-state index contributed by atoms with van der Waals surface area (Å²) in [5, 5.41) is 4.48. The van der Waals surface area contributed by atoms with Crippen molar-refractivity contribution in [3.05, 3.63) is 83.9 Å². The zero-order valence-corrected chi connectivity index (χ0v) is 18.4. The van der Waals surface area contributed by atoms with Gasteiger partial charge in [-0.05, 0) is 47.7 Å². The largest absolute Gasteiger partial charge is 0.459 e. The number of benzene rings is 3. The molecule has 0 aliphatic carbocycles. The van der Waals surface area contributed by atoms with Gasteiger partial charge in [-0.1, -0.05) is 30.3 Å². The van der Waals surface area contributed by atoms with E-state index in [1.54, 1.807) is 23.9 Å². The number of rotatable bonds is 5. The fraction of sp³-hybridized carbons (Fsp3) is 0.208. The van der Waals surface area contributed by atoms with Crippen molar-refractivity contribution in [3.63, 3.8) is 0 Å². The maximum Gasteiger partial charge on any atom is 0.459 e. The van der Waals surface area contributed by atoms with Crippen LogP contribution in [-0.4, -0.2) is 24.1 Å². The van der Waals surface area contributed by atoms with Crippen LogP contribution in [0.25, 0.3) is 11.1 Å². The number of nitrogens with zero attached hydrogens (tertiary/aromatic N) is 2. The lowest BCUT2D eigenvalue weighted by molar-refractivity contribution is -0.249. The maximum atomic E-state index is 14.5. The Balaban J connectivity index is 1.73. The fourth-order valence-corrected chi connectivity index (χ4v) is 4.11. The molecule has 3 aromatic rings. The molecule has 1 aliphatic heterocycles. The third kappa shape index (κ3) is 4.51. The van der Waals surface area contributed by atoms with Gasteiger partial charge in [0.05, 0.1) is 11.7 Å². The Morgan fingerprint density at radius 3 is 1.97 bits per heavy atom. The van der Waals surface area contributed by atoms with Crippen LogP contribution in [-0.2, 0) is 0 Å². The minimum atomic E-state index is -5.86. The van der Waals surface area contributed by atoms with Crippen LogP contribution >= 0.6 is 11.8 Å². The van der Waals surface area contributed by atoms with Crippen molar-refractivity contribution in [1.29, 1.82) is 0 Å². The van der Waals surface area contributed by atoms with E-state index in [1.165, 1.54) is 12.1 Å². The Bertz CT molecular complexity index is 1210. The lowest BCUT2D eigenvalue weighted by Crippen LogP contribution is -2.43. The number of anilines is 1. The highest BCUT2D eigenvalue weighted by Gasteiger charge is 2.63. The van der Waals surface area contributed by atoms with Crippen LogP contribution in [0, 0.1) is 11.6 Å². The van der Waals surface area contributed by atoms with Gasteiger partial charge in [0.1, 0.15) is 17.3 Å². The first-order valence-electron chi connectivity index (χ1n) is 10.0. The van der Waals surface area contributed by atoms with E-state index in [9.17, 15) is 30.7 Å². The van der Waals surface area contributed by atoms with Crippen molar-refractivity contribution in [2.75, 3.05) is 11.3 Å². The van der Waals surface area contributed by atoms with E-state index in [4.69, 9.17) is 0 Å². The Hall–Kier alpha value is -3.01. The molecule has 3 aromatic carbocycles. The first-order chi connectivity index (χ1) is 16.0. The predicted octanol–water partition coefficient (Wildman–Crippen LogP) is 7.86. The van der Waals surface area contributed by atoms with Crippen molar-refractivity contribution in [2.24, 2.45) is 5.10 Å². The summed E-state index contributed by atoms with van der Waals surface area (Å²) in [6.45, 7) is 0. The lowest BCUT2D eigenvalue weighted by Gasteiger charge is -2.24. The zero-order valence-electron chi connectivity index (χ0n) is 17.6. The van der Waals surface area contributed by atoms with Crippen LogP contribution < -0.4 is 5.01 Å². The van der Waals surface area contributed by atoms with E-state index >= 15 is 0 Å². The molecule has 0 saturated heterocycles. The second kappa shape index (κ2) is 8.98. The van der Waals surface area contributed by atoms with Crippen LogP contribution in [0.15, 0.2) is 76.7 Å². The molecule has 0 bridgehead atoms. The molecule has 1 unspecified atom stereocenters. The summed E-state index contributed by atoms with van der Waals surface area (Å²) in [5.41, 5.74) is 0.163. The lowest BCUT2D eigenvalue weighted by atomic mass is 9.98. The van der Waals surface area contributed by atoms with Crippen LogP contribution in [0.4, 0.5) is 36.4 Å². The minimum absolute atomic E-state index is 0.186. The Morgan fingerprint density at radius 1 is 0.853 bits per heavy atom. The topological polar surface area (TPSA) is 15.6 Å². The van der Waals surface area contributed by atoms with Crippen molar-refractivity contribution in [1.82, 2.24) is 0 Å². The number of hydrazone groups is 1. The summed E-state index contributed by atoms with van der Waals surface area (Å²) in [4.78, 5) is 1.06. The number of hydrogen-bond donors (Lipinski definition) is 0. The molecule has 0 amide bonds. The summed E-state index contributed by atoms with van der Waals surface area (Å²) >= 11 is 1.58. The molecule has 0 radical (unpaired) electrons. The first kappa shape index (κ1) is 24.1. The van der Waals surface area contributed by atoms with Crippen LogP contribution in [0.2, 0.25) is 0 Å². The summed E-state index contributed by atoms with van der Waals surface area (Å²) in [6.07, 6.45) is -4.80. The number of thioether (sulfide) groups is 1. The molecule has 1 atom stereocenters. The zero-order chi connectivity index (χ0) is 24.7. The van der Waals surface area contributed by atoms with E-state index in [1.807, 2.05) is 30.5 Å². The Morgan fingerprint density at radius 2 is 1.44 bits per heavy atom.